The number of carbonyl (C=O) groups excluding carboxylic acids is 1. The van der Waals surface area contributed by atoms with E-state index in [4.69, 9.17) is 14.0 Å². The summed E-state index contributed by atoms with van der Waals surface area (Å²) in [5.74, 6) is 0.822. The Balaban J connectivity index is 1.47. The summed E-state index contributed by atoms with van der Waals surface area (Å²) in [5.41, 5.74) is 3.20. The molecule has 26 heavy (non-hydrogen) atoms. The minimum atomic E-state index is -0.500. The molecule has 1 aromatic heterocycles. The first kappa shape index (κ1) is 17.7. The van der Waals surface area contributed by atoms with Crippen LogP contribution in [0.1, 0.15) is 23.9 Å². The minimum absolute atomic E-state index is 0.0875. The topological polar surface area (TPSA) is 74.5 Å². The lowest BCUT2D eigenvalue weighted by Gasteiger charge is -2.06. The molecular formula is C20H20N2O4. The lowest BCUT2D eigenvalue weighted by molar-refractivity contribution is -0.148. The third-order valence-corrected chi connectivity index (χ3v) is 3.82. The first-order valence-electron chi connectivity index (χ1n) is 8.41. The molecule has 0 amide bonds. The van der Waals surface area contributed by atoms with E-state index < -0.39 is 5.97 Å². The smallest absolute Gasteiger partial charge is 0.344 e. The Bertz CT molecular complexity index is 854. The first-order valence-corrected chi connectivity index (χ1v) is 8.41. The van der Waals surface area contributed by atoms with Crippen LogP contribution >= 0.6 is 0 Å². The molecule has 3 rings (SSSR count). The summed E-state index contributed by atoms with van der Waals surface area (Å²) in [6.45, 7) is 3.82. The highest BCUT2D eigenvalue weighted by Gasteiger charge is 2.11. The molecule has 0 aliphatic heterocycles. The Morgan fingerprint density at radius 3 is 2.50 bits per heavy atom. The second-order valence-electron chi connectivity index (χ2n) is 5.82. The van der Waals surface area contributed by atoms with E-state index in [0.29, 0.717) is 11.6 Å². The fourth-order valence-corrected chi connectivity index (χ4v) is 2.28. The Labute approximate surface area is 151 Å². The van der Waals surface area contributed by atoms with Gasteiger partial charge in [0.15, 0.2) is 13.2 Å². The third-order valence-electron chi connectivity index (χ3n) is 3.82. The van der Waals surface area contributed by atoms with Crippen LogP contribution in [0.25, 0.3) is 11.4 Å². The molecule has 0 saturated carbocycles. The maximum atomic E-state index is 11.8. The molecule has 0 aliphatic rings. The largest absolute Gasteiger partial charge is 0.482 e. The van der Waals surface area contributed by atoms with Gasteiger partial charge in [0.1, 0.15) is 5.75 Å². The van der Waals surface area contributed by atoms with Gasteiger partial charge in [0.2, 0.25) is 5.82 Å². The van der Waals surface area contributed by atoms with Crippen LogP contribution in [0.3, 0.4) is 0 Å². The monoisotopic (exact) mass is 352 g/mol. The number of nitrogens with zero attached hydrogens (tertiary/aromatic N) is 2. The Morgan fingerprint density at radius 2 is 1.81 bits per heavy atom. The Hall–Kier alpha value is -3.15. The van der Waals surface area contributed by atoms with Crippen molar-refractivity contribution in [2.75, 3.05) is 6.61 Å². The van der Waals surface area contributed by atoms with E-state index >= 15 is 0 Å². The van der Waals surface area contributed by atoms with Crippen molar-refractivity contribution >= 4 is 5.97 Å². The second-order valence-corrected chi connectivity index (χ2v) is 5.82. The van der Waals surface area contributed by atoms with Crippen molar-refractivity contribution in [1.82, 2.24) is 10.1 Å². The number of ether oxygens (including phenoxy) is 2. The summed E-state index contributed by atoms with van der Waals surface area (Å²) >= 11 is 0. The van der Waals surface area contributed by atoms with Gasteiger partial charge in [-0.1, -0.05) is 54.0 Å². The van der Waals surface area contributed by atoms with Crippen LogP contribution < -0.4 is 4.74 Å². The quantitative estimate of drug-likeness (QED) is 0.603. The highest BCUT2D eigenvalue weighted by molar-refractivity contribution is 5.71. The average molecular weight is 352 g/mol. The van der Waals surface area contributed by atoms with Crippen LogP contribution in [0.5, 0.6) is 5.75 Å². The molecule has 3 aromatic rings. The number of aromatic nitrogens is 2. The van der Waals surface area contributed by atoms with Gasteiger partial charge in [0, 0.05) is 5.56 Å². The molecule has 1 heterocycles. The summed E-state index contributed by atoms with van der Waals surface area (Å²) in [6.07, 6.45) is 0.955. The maximum Gasteiger partial charge on any atom is 0.344 e. The molecule has 6 heteroatoms. The molecule has 0 radical (unpaired) electrons. The van der Waals surface area contributed by atoms with E-state index in [-0.39, 0.29) is 19.1 Å². The molecule has 2 aromatic carbocycles. The third kappa shape index (κ3) is 4.69. The van der Waals surface area contributed by atoms with Gasteiger partial charge in [0.05, 0.1) is 0 Å². The van der Waals surface area contributed by atoms with Crippen molar-refractivity contribution in [2.24, 2.45) is 0 Å². The minimum Gasteiger partial charge on any atom is -0.482 e. The molecule has 6 nitrogen and oxygen atoms in total. The van der Waals surface area contributed by atoms with Gasteiger partial charge in [-0.05, 0) is 31.0 Å². The van der Waals surface area contributed by atoms with Crippen molar-refractivity contribution in [3.63, 3.8) is 0 Å². The predicted octanol–water partition coefficient (Wildman–Crippen LogP) is 3.73. The van der Waals surface area contributed by atoms with Crippen LogP contribution in [-0.4, -0.2) is 22.7 Å². The fraction of sp³-hybridized carbons (Fsp3) is 0.250. The number of carbonyl (C=O) groups is 1. The summed E-state index contributed by atoms with van der Waals surface area (Å²) in [5, 5.41) is 3.90. The number of hydrogen-bond donors (Lipinski definition) is 0. The molecule has 0 aliphatic carbocycles. The van der Waals surface area contributed by atoms with E-state index in [1.54, 1.807) is 0 Å². The molecule has 0 fully saturated rings. The average Bonchev–Trinajstić information content (AvgIpc) is 3.14. The van der Waals surface area contributed by atoms with Crippen molar-refractivity contribution < 1.29 is 18.8 Å². The predicted molar refractivity (Wildman–Crippen MR) is 95.6 cm³/mol. The van der Waals surface area contributed by atoms with Gasteiger partial charge in [-0.2, -0.15) is 4.98 Å². The summed E-state index contributed by atoms with van der Waals surface area (Å²) in [6, 6.07) is 15.3. The zero-order valence-corrected chi connectivity index (χ0v) is 14.8. The molecule has 0 bridgehead atoms. The van der Waals surface area contributed by atoms with E-state index in [2.05, 4.69) is 17.1 Å². The van der Waals surface area contributed by atoms with Gasteiger partial charge in [0.25, 0.3) is 5.89 Å². The summed E-state index contributed by atoms with van der Waals surface area (Å²) in [7, 11) is 0. The zero-order valence-electron chi connectivity index (χ0n) is 14.8. The Morgan fingerprint density at radius 1 is 1.08 bits per heavy atom. The number of aryl methyl sites for hydroxylation is 2. The van der Waals surface area contributed by atoms with Gasteiger partial charge in [-0.25, -0.2) is 4.79 Å². The molecule has 0 saturated heterocycles. The van der Waals surface area contributed by atoms with Gasteiger partial charge >= 0.3 is 5.97 Å². The first-order chi connectivity index (χ1) is 12.6. The fourth-order valence-electron chi connectivity index (χ4n) is 2.28. The van der Waals surface area contributed by atoms with Gasteiger partial charge < -0.3 is 14.0 Å². The number of hydrogen-bond acceptors (Lipinski definition) is 6. The lowest BCUT2D eigenvalue weighted by Crippen LogP contribution is -2.14. The van der Waals surface area contributed by atoms with E-state index in [1.165, 1.54) is 5.56 Å². The normalized spacial score (nSPS) is 10.5. The van der Waals surface area contributed by atoms with Crippen LogP contribution in [0.2, 0.25) is 0 Å². The maximum absolute atomic E-state index is 11.8. The zero-order chi connectivity index (χ0) is 18.4. The van der Waals surface area contributed by atoms with Gasteiger partial charge in [-0.3, -0.25) is 0 Å². The lowest BCUT2D eigenvalue weighted by atomic mass is 10.1. The van der Waals surface area contributed by atoms with Crippen molar-refractivity contribution in [3.8, 4) is 17.1 Å². The molecule has 0 N–H and O–H groups in total. The Kier molecular flexibility index (Phi) is 5.63. The number of rotatable bonds is 7. The second kappa shape index (κ2) is 8.29. The van der Waals surface area contributed by atoms with Crippen molar-refractivity contribution in [2.45, 2.75) is 26.9 Å². The van der Waals surface area contributed by atoms with Crippen molar-refractivity contribution in [3.05, 3.63) is 65.5 Å². The van der Waals surface area contributed by atoms with Crippen LogP contribution in [-0.2, 0) is 22.6 Å². The van der Waals surface area contributed by atoms with Crippen LogP contribution in [0.4, 0.5) is 0 Å². The molecule has 134 valence electrons. The highest BCUT2D eigenvalue weighted by atomic mass is 16.6. The molecule has 0 spiro atoms. The molecular weight excluding hydrogens is 332 g/mol. The number of esters is 1. The summed E-state index contributed by atoms with van der Waals surface area (Å²) in [4.78, 5) is 16.0. The van der Waals surface area contributed by atoms with E-state index in [0.717, 1.165) is 17.5 Å². The van der Waals surface area contributed by atoms with Crippen molar-refractivity contribution in [1.29, 1.82) is 0 Å². The SMILES string of the molecule is CCc1ccc(OCC(=O)OCc2nc(-c3ccc(C)cc3)no2)cc1. The van der Waals surface area contributed by atoms with E-state index in [1.807, 2.05) is 55.5 Å². The van der Waals surface area contributed by atoms with Gasteiger partial charge in [-0.15, -0.1) is 0 Å². The van der Waals surface area contributed by atoms with Crippen LogP contribution in [0.15, 0.2) is 53.1 Å². The molecule has 0 unspecified atom stereocenters. The highest BCUT2D eigenvalue weighted by Crippen LogP contribution is 2.17. The van der Waals surface area contributed by atoms with Crippen LogP contribution in [0, 0.1) is 6.92 Å². The van der Waals surface area contributed by atoms with E-state index in [9.17, 15) is 4.79 Å². The summed E-state index contributed by atoms with van der Waals surface area (Å²) < 4.78 is 15.6. The standard InChI is InChI=1S/C20H20N2O4/c1-3-15-6-10-17(11-7-15)24-13-19(23)25-12-18-21-20(22-26-18)16-8-4-14(2)5-9-16/h4-11H,3,12-13H2,1-2H3. The number of benzene rings is 2. The molecule has 0 atom stereocenters.